The van der Waals surface area contributed by atoms with E-state index >= 15 is 0 Å². The Morgan fingerprint density at radius 1 is 1.11 bits per heavy atom. The molecule has 0 aromatic rings. The molecular formula is C12H17F4IO. The third-order valence-electron chi connectivity index (χ3n) is 2.12. The second kappa shape index (κ2) is 7.47. The standard InChI is InChI=1S/C12H17F4IO/c1-9(2)5-4-6-10(3)7-8-18-12(15,16)11(13,14)17/h5,7H,4,6,8H2,1-3H3/b10-7+. The zero-order valence-electron chi connectivity index (χ0n) is 10.6. The fourth-order valence-electron chi connectivity index (χ4n) is 1.06. The Bertz CT molecular complexity index is 315. The summed E-state index contributed by atoms with van der Waals surface area (Å²) in [4.78, 5) is 0. The molecule has 0 rings (SSSR count). The first kappa shape index (κ1) is 17.9. The number of halogens is 5. The number of rotatable bonds is 7. The van der Waals surface area contributed by atoms with E-state index in [0.717, 1.165) is 12.0 Å². The molecule has 0 spiro atoms. The predicted molar refractivity (Wildman–Crippen MR) is 72.3 cm³/mol. The van der Waals surface area contributed by atoms with Crippen LogP contribution in [0.25, 0.3) is 0 Å². The fraction of sp³-hybridized carbons (Fsp3) is 0.667. The summed E-state index contributed by atoms with van der Waals surface area (Å²) < 4.78 is 49.9. The highest BCUT2D eigenvalue weighted by atomic mass is 127. The van der Waals surface area contributed by atoms with Gasteiger partial charge in [-0.2, -0.15) is 17.6 Å². The van der Waals surface area contributed by atoms with Gasteiger partial charge in [-0.25, -0.2) is 0 Å². The fourth-order valence-corrected chi connectivity index (χ4v) is 1.22. The van der Waals surface area contributed by atoms with Gasteiger partial charge in [0, 0.05) is 22.6 Å². The predicted octanol–water partition coefficient (Wildman–Crippen LogP) is 5.32. The van der Waals surface area contributed by atoms with Crippen molar-refractivity contribution in [3.05, 3.63) is 23.3 Å². The zero-order chi connectivity index (χ0) is 14.4. The molecule has 0 heterocycles. The lowest BCUT2D eigenvalue weighted by Gasteiger charge is -2.20. The lowest BCUT2D eigenvalue weighted by molar-refractivity contribution is -0.302. The first-order chi connectivity index (χ1) is 8.06. The van der Waals surface area contributed by atoms with E-state index in [-0.39, 0.29) is 0 Å². The van der Waals surface area contributed by atoms with Crippen LogP contribution in [-0.4, -0.2) is 16.6 Å². The Balaban J connectivity index is 4.13. The Morgan fingerprint density at radius 2 is 1.67 bits per heavy atom. The average Bonchev–Trinajstić information content (AvgIpc) is 2.14. The molecule has 0 aliphatic carbocycles. The van der Waals surface area contributed by atoms with E-state index in [1.807, 2.05) is 19.9 Å². The number of allylic oxidation sites excluding steroid dienone is 3. The molecule has 0 aliphatic rings. The molecule has 0 aromatic carbocycles. The van der Waals surface area contributed by atoms with Crippen molar-refractivity contribution in [3.8, 4) is 0 Å². The van der Waals surface area contributed by atoms with Gasteiger partial charge in [0.15, 0.2) is 0 Å². The van der Waals surface area contributed by atoms with Crippen LogP contribution in [0.1, 0.15) is 33.6 Å². The molecule has 0 bridgehead atoms. The van der Waals surface area contributed by atoms with Gasteiger partial charge < -0.3 is 4.74 Å². The molecule has 0 unspecified atom stereocenters. The van der Waals surface area contributed by atoms with E-state index in [2.05, 4.69) is 4.74 Å². The SMILES string of the molecule is CC(C)=CCC/C(C)=C/COC(F)(F)C(F)(F)I. The molecule has 0 saturated heterocycles. The van der Waals surface area contributed by atoms with Crippen molar-refractivity contribution in [1.82, 2.24) is 0 Å². The minimum Gasteiger partial charge on any atom is -0.311 e. The monoisotopic (exact) mass is 380 g/mol. The van der Waals surface area contributed by atoms with E-state index in [1.165, 1.54) is 11.6 Å². The minimum absolute atomic E-state index is 0.369. The molecule has 18 heavy (non-hydrogen) atoms. The third kappa shape index (κ3) is 7.35. The Morgan fingerprint density at radius 3 is 2.11 bits per heavy atom. The van der Waals surface area contributed by atoms with Gasteiger partial charge in [-0.3, -0.25) is 0 Å². The maximum absolute atomic E-state index is 12.7. The summed E-state index contributed by atoms with van der Waals surface area (Å²) in [5.41, 5.74) is 2.01. The number of alkyl halides is 5. The molecule has 6 heteroatoms. The molecule has 0 fully saturated rings. The Hall–Kier alpha value is -0.110. The van der Waals surface area contributed by atoms with Gasteiger partial charge in [-0.1, -0.05) is 23.3 Å². The largest absolute Gasteiger partial charge is 0.429 e. The average molecular weight is 380 g/mol. The highest BCUT2D eigenvalue weighted by molar-refractivity contribution is 14.1. The van der Waals surface area contributed by atoms with Crippen molar-refractivity contribution in [2.75, 3.05) is 6.61 Å². The molecule has 0 saturated carbocycles. The number of hydrogen-bond donors (Lipinski definition) is 0. The number of hydrogen-bond acceptors (Lipinski definition) is 1. The van der Waals surface area contributed by atoms with E-state index < -0.39 is 16.6 Å². The summed E-state index contributed by atoms with van der Waals surface area (Å²) in [5.74, 6) is 0. The first-order valence-electron chi connectivity index (χ1n) is 5.44. The van der Waals surface area contributed by atoms with Crippen LogP contribution >= 0.6 is 22.6 Å². The van der Waals surface area contributed by atoms with Crippen molar-refractivity contribution in [2.45, 2.75) is 43.7 Å². The highest BCUT2D eigenvalue weighted by Gasteiger charge is 2.55. The maximum atomic E-state index is 12.7. The van der Waals surface area contributed by atoms with Crippen molar-refractivity contribution >= 4 is 22.6 Å². The van der Waals surface area contributed by atoms with Crippen LogP contribution in [0.15, 0.2) is 23.3 Å². The first-order valence-corrected chi connectivity index (χ1v) is 6.51. The summed E-state index contributed by atoms with van der Waals surface area (Å²) in [5, 5.41) is 0. The van der Waals surface area contributed by atoms with Gasteiger partial charge in [-0.15, -0.1) is 0 Å². The minimum atomic E-state index is -4.44. The summed E-state index contributed by atoms with van der Waals surface area (Å²) in [6.45, 7) is 5.16. The van der Waals surface area contributed by atoms with Crippen LogP contribution in [0.4, 0.5) is 17.6 Å². The summed E-state index contributed by atoms with van der Waals surface area (Å²) in [6.07, 6.45) is 0.468. The molecule has 0 aromatic heterocycles. The summed E-state index contributed by atoms with van der Waals surface area (Å²) in [7, 11) is 0. The number of ether oxygens (including phenoxy) is 1. The van der Waals surface area contributed by atoms with Gasteiger partial charge in [-0.05, 0) is 33.6 Å². The van der Waals surface area contributed by atoms with Crippen molar-refractivity contribution in [3.63, 3.8) is 0 Å². The van der Waals surface area contributed by atoms with Crippen LogP contribution in [0.3, 0.4) is 0 Å². The molecular weight excluding hydrogens is 363 g/mol. The lowest BCUT2D eigenvalue weighted by atomic mass is 10.1. The molecule has 1 nitrogen and oxygen atoms in total. The molecule has 0 atom stereocenters. The molecule has 0 radical (unpaired) electrons. The van der Waals surface area contributed by atoms with Gasteiger partial charge >= 0.3 is 10.0 Å². The van der Waals surface area contributed by atoms with Crippen LogP contribution in [0.5, 0.6) is 0 Å². The van der Waals surface area contributed by atoms with Gasteiger partial charge in [0.05, 0.1) is 6.61 Å². The molecule has 0 aliphatic heterocycles. The molecule has 0 N–H and O–H groups in total. The van der Waals surface area contributed by atoms with Gasteiger partial charge in [0.2, 0.25) is 0 Å². The van der Waals surface area contributed by atoms with Crippen LogP contribution in [0.2, 0.25) is 0 Å². The summed E-state index contributed by atoms with van der Waals surface area (Å²) >= 11 is 0.369. The van der Waals surface area contributed by atoms with E-state index in [1.54, 1.807) is 6.92 Å². The van der Waals surface area contributed by atoms with E-state index in [9.17, 15) is 17.6 Å². The smallest absolute Gasteiger partial charge is 0.311 e. The topological polar surface area (TPSA) is 9.23 Å². The van der Waals surface area contributed by atoms with Crippen molar-refractivity contribution in [2.24, 2.45) is 0 Å². The summed E-state index contributed by atoms with van der Waals surface area (Å²) in [6, 6.07) is 0. The van der Waals surface area contributed by atoms with E-state index in [4.69, 9.17) is 0 Å². The van der Waals surface area contributed by atoms with Crippen LogP contribution in [0, 0.1) is 0 Å². The Kier molecular flexibility index (Phi) is 7.43. The van der Waals surface area contributed by atoms with Crippen molar-refractivity contribution in [1.29, 1.82) is 0 Å². The zero-order valence-corrected chi connectivity index (χ0v) is 12.7. The van der Waals surface area contributed by atoms with Crippen molar-refractivity contribution < 1.29 is 22.3 Å². The van der Waals surface area contributed by atoms with Gasteiger partial charge in [0.1, 0.15) is 0 Å². The van der Waals surface area contributed by atoms with Crippen LogP contribution < -0.4 is 0 Å². The third-order valence-corrected chi connectivity index (χ3v) is 2.75. The molecule has 0 amide bonds. The Labute approximate surface area is 118 Å². The molecule has 106 valence electrons. The second-order valence-corrected chi connectivity index (χ2v) is 5.55. The highest BCUT2D eigenvalue weighted by Crippen LogP contribution is 2.40. The lowest BCUT2D eigenvalue weighted by Crippen LogP contribution is -2.37. The second-order valence-electron chi connectivity index (χ2n) is 4.20. The van der Waals surface area contributed by atoms with Crippen LogP contribution in [-0.2, 0) is 4.74 Å². The normalized spacial score (nSPS) is 13.7. The maximum Gasteiger partial charge on any atom is 0.429 e. The van der Waals surface area contributed by atoms with E-state index in [0.29, 0.717) is 29.0 Å². The van der Waals surface area contributed by atoms with Gasteiger partial charge in [0.25, 0.3) is 0 Å². The quantitative estimate of drug-likeness (QED) is 0.252.